The maximum atomic E-state index is 12.5. The van der Waals surface area contributed by atoms with Crippen LogP contribution >= 0.6 is 0 Å². The summed E-state index contributed by atoms with van der Waals surface area (Å²) in [6.45, 7) is 1.12. The van der Waals surface area contributed by atoms with E-state index in [0.717, 1.165) is 12.0 Å². The van der Waals surface area contributed by atoms with Crippen LogP contribution in [0.2, 0.25) is 0 Å². The monoisotopic (exact) mass is 438 g/mol. The number of benzene rings is 2. The lowest BCUT2D eigenvalue weighted by atomic mass is 10.1. The number of rotatable bonds is 5. The zero-order valence-electron chi connectivity index (χ0n) is 16.3. The van der Waals surface area contributed by atoms with E-state index in [-0.39, 0.29) is 25.2 Å². The average molecular weight is 439 g/mol. The van der Waals surface area contributed by atoms with E-state index in [1.165, 1.54) is 10.5 Å². The van der Waals surface area contributed by atoms with Gasteiger partial charge < -0.3 is 10.2 Å². The number of anilines is 1. The fraction of sp³-hybridized carbons (Fsp3) is 0.143. The van der Waals surface area contributed by atoms with Crippen LogP contribution in [0.25, 0.3) is 34.3 Å². The topological polar surface area (TPSA) is 128 Å². The molecule has 31 heavy (non-hydrogen) atoms. The van der Waals surface area contributed by atoms with Gasteiger partial charge in [0.25, 0.3) is 5.89 Å². The van der Waals surface area contributed by atoms with Gasteiger partial charge in [0, 0.05) is 27.1 Å². The minimum atomic E-state index is -3.44. The van der Waals surface area contributed by atoms with Crippen molar-refractivity contribution in [1.29, 1.82) is 0 Å². The van der Waals surface area contributed by atoms with E-state index in [1.807, 2.05) is 30.3 Å². The predicted molar refractivity (Wildman–Crippen MR) is 118 cm³/mol. The molecule has 4 aromatic rings. The molecule has 3 heterocycles. The maximum Gasteiger partial charge on any atom is 0.270 e. The fourth-order valence-corrected chi connectivity index (χ4v) is 4.70. The number of sulfonamides is 1. The minimum absolute atomic E-state index is 0. The Hall–Kier alpha value is -3.63. The van der Waals surface area contributed by atoms with E-state index in [9.17, 15) is 8.42 Å². The molecule has 0 bridgehead atoms. The van der Waals surface area contributed by atoms with Crippen molar-refractivity contribution in [2.75, 3.05) is 18.8 Å². The Morgan fingerprint density at radius 3 is 2.32 bits per heavy atom. The van der Waals surface area contributed by atoms with Gasteiger partial charge in [-0.25, -0.2) is 18.4 Å². The van der Waals surface area contributed by atoms with Crippen molar-refractivity contribution in [3.63, 3.8) is 0 Å². The van der Waals surface area contributed by atoms with Crippen LogP contribution in [0.5, 0.6) is 0 Å². The summed E-state index contributed by atoms with van der Waals surface area (Å²) in [4.78, 5) is 8.98. The van der Waals surface area contributed by atoms with Gasteiger partial charge in [0.05, 0.1) is 16.8 Å². The Kier molecular flexibility index (Phi) is 4.72. The molecule has 2 aromatic heterocycles. The molecule has 0 unspecified atom stereocenters. The number of hydrogen-bond acceptors (Lipinski definition) is 8. The first-order valence-corrected chi connectivity index (χ1v) is 11.1. The van der Waals surface area contributed by atoms with Crippen LogP contribution in [0.3, 0.4) is 0 Å². The Morgan fingerprint density at radius 2 is 1.65 bits per heavy atom. The number of nitrogen functional groups attached to an aromatic ring is 1. The van der Waals surface area contributed by atoms with Crippen LogP contribution in [0.15, 0.2) is 70.1 Å². The molecule has 1 aliphatic rings. The first-order chi connectivity index (χ1) is 15.0. The van der Waals surface area contributed by atoms with Gasteiger partial charge in [-0.05, 0) is 30.7 Å². The highest BCUT2D eigenvalue weighted by Gasteiger charge is 2.29. The Labute approximate surface area is 181 Å². The summed E-state index contributed by atoms with van der Waals surface area (Å²) in [7, 11) is -3.44. The molecule has 0 amide bonds. The smallest absolute Gasteiger partial charge is 0.270 e. The van der Waals surface area contributed by atoms with Gasteiger partial charge in [-0.1, -0.05) is 30.3 Å². The second-order valence-corrected chi connectivity index (χ2v) is 8.99. The van der Waals surface area contributed by atoms with Crippen LogP contribution in [0.1, 0.15) is 9.27 Å². The molecule has 9 nitrogen and oxygen atoms in total. The normalized spacial score (nSPS) is 14.3. The van der Waals surface area contributed by atoms with Gasteiger partial charge in [0.2, 0.25) is 15.9 Å². The van der Waals surface area contributed by atoms with Crippen LogP contribution < -0.4 is 5.73 Å². The van der Waals surface area contributed by atoms with E-state index in [2.05, 4.69) is 20.2 Å². The minimum Gasteiger partial charge on any atom is -0.414 e. The molecule has 0 radical (unpaired) electrons. The van der Waals surface area contributed by atoms with Crippen molar-refractivity contribution in [1.82, 2.24) is 24.5 Å². The standard InChI is InChI=1S/C21H18N6O3S.2H2/c22-19-18(21-26-25-20(30-21)15-5-2-1-3-6-15)24-17(13-23-19)14-7-9-16(10-8-14)31(28,29)27-11-4-12-27;;/h1-3,5-10,13H,4,11-12H2,(H2,22,23);2*1H. The maximum absolute atomic E-state index is 12.5. The molecule has 1 fully saturated rings. The van der Waals surface area contributed by atoms with Crippen LogP contribution in [-0.2, 0) is 10.0 Å². The summed E-state index contributed by atoms with van der Waals surface area (Å²) < 4.78 is 32.2. The zero-order chi connectivity index (χ0) is 21.4. The second-order valence-electron chi connectivity index (χ2n) is 7.05. The van der Waals surface area contributed by atoms with Crippen molar-refractivity contribution >= 4 is 15.8 Å². The molecule has 0 atom stereocenters. The van der Waals surface area contributed by atoms with Crippen molar-refractivity contribution < 1.29 is 15.7 Å². The summed E-state index contributed by atoms with van der Waals surface area (Å²) in [5, 5.41) is 8.12. The lowest BCUT2D eigenvalue weighted by molar-refractivity contribution is 0.309. The third kappa shape index (κ3) is 3.56. The van der Waals surface area contributed by atoms with Crippen molar-refractivity contribution in [3.8, 4) is 34.3 Å². The van der Waals surface area contributed by atoms with Crippen LogP contribution in [0, 0.1) is 0 Å². The Bertz CT molecular complexity index is 1340. The van der Waals surface area contributed by atoms with Gasteiger partial charge in [-0.15, -0.1) is 10.2 Å². The SMILES string of the molecule is Nc1ncc(-c2ccc(S(=O)(=O)N3CCC3)cc2)nc1-c1nnc(-c2ccccc2)o1.[HH].[HH]. The van der Waals surface area contributed by atoms with E-state index >= 15 is 0 Å². The Balaban J connectivity index is 0.00000153. The molecule has 10 heteroatoms. The number of hydrogen-bond donors (Lipinski definition) is 1. The first-order valence-electron chi connectivity index (χ1n) is 9.65. The quantitative estimate of drug-likeness (QED) is 0.502. The molecule has 1 aliphatic heterocycles. The van der Waals surface area contributed by atoms with Crippen LogP contribution in [-0.4, -0.2) is 46.0 Å². The number of nitrogens with two attached hydrogens (primary N) is 1. The molecule has 0 spiro atoms. The molecular formula is C21H22N6O3S. The average Bonchev–Trinajstić information content (AvgIpc) is 3.23. The molecule has 0 aliphatic carbocycles. The first kappa shape index (κ1) is 19.3. The predicted octanol–water partition coefficient (Wildman–Crippen LogP) is 3.33. The van der Waals surface area contributed by atoms with Crippen molar-refractivity contribution in [2.24, 2.45) is 0 Å². The fourth-order valence-electron chi connectivity index (χ4n) is 3.19. The highest BCUT2D eigenvalue weighted by atomic mass is 32.2. The summed E-state index contributed by atoms with van der Waals surface area (Å²) in [6.07, 6.45) is 2.41. The third-order valence-electron chi connectivity index (χ3n) is 5.05. The molecule has 0 saturated carbocycles. The molecular weight excluding hydrogens is 416 g/mol. The van der Waals surface area contributed by atoms with E-state index in [0.29, 0.717) is 30.2 Å². The molecule has 2 N–H and O–H groups in total. The lowest BCUT2D eigenvalue weighted by Gasteiger charge is -2.29. The Morgan fingerprint density at radius 1 is 0.935 bits per heavy atom. The number of aromatic nitrogens is 4. The highest BCUT2D eigenvalue weighted by molar-refractivity contribution is 7.89. The van der Waals surface area contributed by atoms with Crippen LogP contribution in [0.4, 0.5) is 5.82 Å². The molecule has 2 aromatic carbocycles. The molecule has 5 rings (SSSR count). The third-order valence-corrected chi connectivity index (χ3v) is 6.96. The van der Waals surface area contributed by atoms with Gasteiger partial charge in [0.15, 0.2) is 11.5 Å². The lowest BCUT2D eigenvalue weighted by Crippen LogP contribution is -2.41. The summed E-state index contributed by atoms with van der Waals surface area (Å²) in [5.41, 5.74) is 8.25. The van der Waals surface area contributed by atoms with E-state index < -0.39 is 10.0 Å². The molecule has 160 valence electrons. The van der Waals surface area contributed by atoms with Gasteiger partial charge in [-0.2, -0.15) is 4.31 Å². The second kappa shape index (κ2) is 7.56. The van der Waals surface area contributed by atoms with Gasteiger partial charge in [0.1, 0.15) is 0 Å². The van der Waals surface area contributed by atoms with E-state index in [4.69, 9.17) is 10.2 Å². The largest absolute Gasteiger partial charge is 0.414 e. The summed E-state index contributed by atoms with van der Waals surface area (Å²) in [6, 6.07) is 15.9. The summed E-state index contributed by atoms with van der Waals surface area (Å²) >= 11 is 0. The van der Waals surface area contributed by atoms with Gasteiger partial charge in [-0.3, -0.25) is 0 Å². The number of nitrogens with zero attached hydrogens (tertiary/aromatic N) is 5. The van der Waals surface area contributed by atoms with E-state index in [1.54, 1.807) is 24.3 Å². The summed E-state index contributed by atoms with van der Waals surface area (Å²) in [5.74, 6) is 0.662. The van der Waals surface area contributed by atoms with Crippen molar-refractivity contribution in [2.45, 2.75) is 11.3 Å². The van der Waals surface area contributed by atoms with Gasteiger partial charge >= 0.3 is 0 Å². The molecule has 1 saturated heterocycles. The van der Waals surface area contributed by atoms with Crippen molar-refractivity contribution in [3.05, 3.63) is 60.8 Å². The zero-order valence-corrected chi connectivity index (χ0v) is 17.2. The highest BCUT2D eigenvalue weighted by Crippen LogP contribution is 2.29.